The molecule has 3 rings (SSSR count). The Bertz CT molecular complexity index is 931. The Hall–Kier alpha value is -2.72. The zero-order valence-corrected chi connectivity index (χ0v) is 15.5. The summed E-state index contributed by atoms with van der Waals surface area (Å²) in [6.45, 7) is 0.0149. The molecule has 10 heteroatoms. The highest BCUT2D eigenvalue weighted by Gasteiger charge is 2.16. The van der Waals surface area contributed by atoms with Gasteiger partial charge in [0.15, 0.2) is 0 Å². The minimum atomic E-state index is -0.877. The van der Waals surface area contributed by atoms with Gasteiger partial charge in [0.25, 0.3) is 0 Å². The van der Waals surface area contributed by atoms with Crippen LogP contribution >= 0.6 is 27.3 Å². The molecule has 0 aliphatic heterocycles. The normalized spacial score (nSPS) is 10.4. The van der Waals surface area contributed by atoms with Crippen LogP contribution in [0.3, 0.4) is 0 Å². The first kappa shape index (κ1) is 18.1. The highest BCUT2D eigenvalue weighted by Crippen LogP contribution is 2.25. The van der Waals surface area contributed by atoms with Crippen LogP contribution in [0.25, 0.3) is 10.6 Å². The maximum absolute atomic E-state index is 13.3. The van der Waals surface area contributed by atoms with Gasteiger partial charge in [0.05, 0.1) is 0 Å². The summed E-state index contributed by atoms with van der Waals surface area (Å²) < 4.78 is 13.8. The first-order valence-electron chi connectivity index (χ1n) is 7.29. The smallest absolute Gasteiger partial charge is 0.315 e. The van der Waals surface area contributed by atoms with Gasteiger partial charge in [-0.05, 0) is 35.9 Å². The van der Waals surface area contributed by atoms with Crippen LogP contribution in [0.5, 0.6) is 0 Å². The Morgan fingerprint density at radius 1 is 1.12 bits per heavy atom. The van der Waals surface area contributed by atoms with Crippen molar-refractivity contribution in [1.29, 1.82) is 0 Å². The quantitative estimate of drug-likeness (QED) is 0.614. The zero-order valence-electron chi connectivity index (χ0n) is 13.1. The topological polar surface area (TPSA) is 96.9 Å². The molecule has 3 aromatic rings. The van der Waals surface area contributed by atoms with Gasteiger partial charge in [-0.2, -0.15) is 0 Å². The van der Waals surface area contributed by atoms with Crippen molar-refractivity contribution in [2.24, 2.45) is 0 Å². The van der Waals surface area contributed by atoms with Crippen LogP contribution < -0.4 is 10.6 Å². The minimum absolute atomic E-state index is 0.0149. The van der Waals surface area contributed by atoms with E-state index in [1.165, 1.54) is 12.1 Å². The lowest BCUT2D eigenvalue weighted by Gasteiger charge is -2.05. The van der Waals surface area contributed by atoms with Crippen molar-refractivity contribution in [2.45, 2.75) is 6.54 Å². The van der Waals surface area contributed by atoms with Gasteiger partial charge < -0.3 is 5.32 Å². The molecule has 0 bridgehead atoms. The molecule has 0 atom stereocenters. The van der Waals surface area contributed by atoms with E-state index in [4.69, 9.17) is 0 Å². The Morgan fingerprint density at radius 2 is 1.88 bits per heavy atom. The molecular weight excluding hydrogens is 425 g/mol. The predicted octanol–water partition coefficient (Wildman–Crippen LogP) is 2.76. The molecule has 0 spiro atoms. The second-order valence-corrected chi connectivity index (χ2v) is 6.96. The van der Waals surface area contributed by atoms with Gasteiger partial charge in [0.1, 0.15) is 10.8 Å². The number of amides is 2. The fraction of sp³-hybridized carbons (Fsp3) is 0.0625. The summed E-state index contributed by atoms with van der Waals surface area (Å²) in [7, 11) is 0. The van der Waals surface area contributed by atoms with Crippen LogP contribution in [-0.2, 0) is 16.1 Å². The Labute approximate surface area is 159 Å². The summed E-state index contributed by atoms with van der Waals surface area (Å²) in [4.78, 5) is 27.7. The summed E-state index contributed by atoms with van der Waals surface area (Å²) in [5.74, 6) is -2.17. The summed E-state index contributed by atoms with van der Waals surface area (Å²) in [6, 6.07) is 7.74. The molecule has 2 N–H and O–H groups in total. The second-order valence-electron chi connectivity index (χ2n) is 5.06. The fourth-order valence-corrected chi connectivity index (χ4v) is 3.27. The molecule has 7 nitrogen and oxygen atoms in total. The number of nitrogens with zero attached hydrogens (tertiary/aromatic N) is 3. The second kappa shape index (κ2) is 8.11. The third kappa shape index (κ3) is 4.67. The number of carbonyl (C=O) groups excluding carboxylic acids is 2. The van der Waals surface area contributed by atoms with Crippen molar-refractivity contribution in [3.63, 3.8) is 0 Å². The molecule has 2 aromatic heterocycles. The number of nitrogens with one attached hydrogen (secondary N) is 2. The molecule has 26 heavy (non-hydrogen) atoms. The van der Waals surface area contributed by atoms with E-state index >= 15 is 0 Å². The van der Waals surface area contributed by atoms with Crippen LogP contribution in [0.2, 0.25) is 0 Å². The molecule has 2 amide bonds. The maximum Gasteiger partial charge on any atom is 0.315 e. The number of hydrogen-bond donors (Lipinski definition) is 2. The standard InChI is InChI=1S/C16H11BrFN5O2S/c17-11-5-9(6-12(18)7-11)8-20-13(24)14(25)21-16-23-22-15(26-16)10-1-3-19-4-2-10/h1-7H,8H2,(H,20,24)(H,21,23,25). The highest BCUT2D eigenvalue weighted by molar-refractivity contribution is 9.10. The third-order valence-corrected chi connectivity index (χ3v) is 4.50. The summed E-state index contributed by atoms with van der Waals surface area (Å²) >= 11 is 4.30. The van der Waals surface area contributed by atoms with E-state index in [1.54, 1.807) is 30.6 Å². The number of benzene rings is 1. The van der Waals surface area contributed by atoms with Gasteiger partial charge in [-0.15, -0.1) is 10.2 Å². The van der Waals surface area contributed by atoms with Gasteiger partial charge in [0.2, 0.25) is 5.13 Å². The summed E-state index contributed by atoms with van der Waals surface area (Å²) in [5, 5.41) is 13.4. The molecule has 132 valence electrons. The average Bonchev–Trinajstić information content (AvgIpc) is 3.08. The lowest BCUT2D eigenvalue weighted by atomic mass is 10.2. The van der Waals surface area contributed by atoms with E-state index in [2.05, 4.69) is 41.7 Å². The molecule has 0 aliphatic rings. The van der Waals surface area contributed by atoms with Gasteiger partial charge in [-0.25, -0.2) is 4.39 Å². The molecule has 0 radical (unpaired) electrons. The van der Waals surface area contributed by atoms with E-state index in [-0.39, 0.29) is 11.7 Å². The first-order valence-corrected chi connectivity index (χ1v) is 8.90. The van der Waals surface area contributed by atoms with Crippen molar-refractivity contribution in [1.82, 2.24) is 20.5 Å². The van der Waals surface area contributed by atoms with E-state index < -0.39 is 17.6 Å². The molecule has 0 fully saturated rings. The van der Waals surface area contributed by atoms with Gasteiger partial charge in [-0.3, -0.25) is 19.9 Å². The Morgan fingerprint density at radius 3 is 2.62 bits per heavy atom. The van der Waals surface area contributed by atoms with Crippen molar-refractivity contribution in [3.8, 4) is 10.6 Å². The molecule has 0 aliphatic carbocycles. The first-order chi connectivity index (χ1) is 12.5. The van der Waals surface area contributed by atoms with Crippen molar-refractivity contribution in [3.05, 3.63) is 58.6 Å². The van der Waals surface area contributed by atoms with Gasteiger partial charge in [-0.1, -0.05) is 27.3 Å². The molecule has 0 unspecified atom stereocenters. The number of carbonyl (C=O) groups is 2. The summed E-state index contributed by atoms with van der Waals surface area (Å²) in [6.07, 6.45) is 3.24. The van der Waals surface area contributed by atoms with Crippen LogP contribution in [-0.4, -0.2) is 27.0 Å². The summed E-state index contributed by atoms with van der Waals surface area (Å²) in [5.41, 5.74) is 1.33. The van der Waals surface area contributed by atoms with Crippen LogP contribution in [0, 0.1) is 5.82 Å². The lowest BCUT2D eigenvalue weighted by molar-refractivity contribution is -0.136. The van der Waals surface area contributed by atoms with Gasteiger partial charge >= 0.3 is 11.8 Å². The van der Waals surface area contributed by atoms with E-state index in [0.717, 1.165) is 16.9 Å². The number of anilines is 1. The largest absolute Gasteiger partial charge is 0.344 e. The lowest BCUT2D eigenvalue weighted by Crippen LogP contribution is -2.34. The van der Waals surface area contributed by atoms with Gasteiger partial charge in [0, 0.05) is 29.0 Å². The number of aromatic nitrogens is 3. The minimum Gasteiger partial charge on any atom is -0.344 e. The monoisotopic (exact) mass is 435 g/mol. The van der Waals surface area contributed by atoms with E-state index in [9.17, 15) is 14.0 Å². The molecular formula is C16H11BrFN5O2S. The number of rotatable bonds is 4. The molecule has 0 saturated heterocycles. The van der Waals surface area contributed by atoms with Crippen LogP contribution in [0.15, 0.2) is 47.2 Å². The SMILES string of the molecule is O=C(NCc1cc(F)cc(Br)c1)C(=O)Nc1nnc(-c2ccncc2)s1. The van der Waals surface area contributed by atoms with Crippen molar-refractivity contribution < 1.29 is 14.0 Å². The van der Waals surface area contributed by atoms with Crippen LogP contribution in [0.4, 0.5) is 9.52 Å². The van der Waals surface area contributed by atoms with Crippen molar-refractivity contribution >= 4 is 44.2 Å². The van der Waals surface area contributed by atoms with Crippen molar-refractivity contribution in [2.75, 3.05) is 5.32 Å². The molecule has 1 aromatic carbocycles. The Kier molecular flexibility index (Phi) is 5.64. The maximum atomic E-state index is 13.3. The van der Waals surface area contributed by atoms with E-state index in [1.807, 2.05) is 0 Å². The highest BCUT2D eigenvalue weighted by atomic mass is 79.9. The number of pyridine rings is 1. The van der Waals surface area contributed by atoms with Crippen LogP contribution in [0.1, 0.15) is 5.56 Å². The number of hydrogen-bond acceptors (Lipinski definition) is 6. The fourth-order valence-electron chi connectivity index (χ4n) is 2.01. The average molecular weight is 436 g/mol. The van der Waals surface area contributed by atoms with E-state index in [0.29, 0.717) is 15.0 Å². The predicted molar refractivity (Wildman–Crippen MR) is 97.7 cm³/mol. The third-order valence-electron chi connectivity index (χ3n) is 3.15. The molecule has 0 saturated carbocycles. The number of halogens is 2. The zero-order chi connectivity index (χ0) is 18.5. The molecule has 2 heterocycles. The Balaban J connectivity index is 1.58.